The lowest BCUT2D eigenvalue weighted by molar-refractivity contribution is 0.605. The van der Waals surface area contributed by atoms with E-state index in [4.69, 9.17) is 11.6 Å². The van der Waals surface area contributed by atoms with Gasteiger partial charge in [0, 0.05) is 19.5 Å². The van der Waals surface area contributed by atoms with E-state index in [9.17, 15) is 8.42 Å². The molecule has 1 aromatic heterocycles. The molecule has 1 aliphatic rings. The second-order valence-corrected chi connectivity index (χ2v) is 6.30. The summed E-state index contributed by atoms with van der Waals surface area (Å²) >= 11 is 5.77. The predicted octanol–water partition coefficient (Wildman–Crippen LogP) is 0.314. The predicted molar refractivity (Wildman–Crippen MR) is 69.5 cm³/mol. The Balaban J connectivity index is 2.18. The zero-order valence-electron chi connectivity index (χ0n) is 9.83. The van der Waals surface area contributed by atoms with E-state index in [2.05, 4.69) is 20.3 Å². The monoisotopic (exact) mass is 289 g/mol. The molecule has 0 amide bonds. The second kappa shape index (κ2) is 4.69. The van der Waals surface area contributed by atoms with Crippen molar-refractivity contribution in [3.8, 4) is 0 Å². The Labute approximate surface area is 110 Å². The highest BCUT2D eigenvalue weighted by Gasteiger charge is 2.22. The number of sulfone groups is 1. The third kappa shape index (κ3) is 3.08. The van der Waals surface area contributed by atoms with E-state index >= 15 is 0 Å². The fraction of sp³-hybridized carbons (Fsp3) is 0.444. The van der Waals surface area contributed by atoms with Crippen molar-refractivity contribution in [3.05, 3.63) is 16.8 Å². The summed E-state index contributed by atoms with van der Waals surface area (Å²) in [5.74, 6) is 0.654. The minimum Gasteiger partial charge on any atom is -0.347 e. The molecule has 7 nitrogen and oxygen atoms in total. The number of anilines is 2. The van der Waals surface area contributed by atoms with E-state index in [1.54, 1.807) is 25.1 Å². The maximum absolute atomic E-state index is 11.3. The summed E-state index contributed by atoms with van der Waals surface area (Å²) in [6, 6.07) is -0.344. The summed E-state index contributed by atoms with van der Waals surface area (Å²) in [5.41, 5.74) is 0. The molecule has 2 heterocycles. The van der Waals surface area contributed by atoms with Crippen LogP contribution < -0.4 is 10.2 Å². The van der Waals surface area contributed by atoms with E-state index in [-0.39, 0.29) is 23.0 Å². The smallest absolute Gasteiger partial charge is 0.230 e. The minimum atomic E-state index is -3.11. The van der Waals surface area contributed by atoms with Gasteiger partial charge in [0.1, 0.15) is 0 Å². The Morgan fingerprint density at radius 3 is 2.67 bits per heavy atom. The second-order valence-electron chi connectivity index (χ2n) is 4.03. The van der Waals surface area contributed by atoms with Gasteiger partial charge in [0.25, 0.3) is 0 Å². The Kier molecular flexibility index (Phi) is 3.40. The van der Waals surface area contributed by atoms with Gasteiger partial charge in [-0.15, -0.1) is 0 Å². The van der Waals surface area contributed by atoms with E-state index in [1.807, 2.05) is 0 Å². The lowest BCUT2D eigenvalue weighted by atomic mass is 10.3. The SMILES string of the molecule is CN(C)c1nc(Cl)nc(NC2C=CS(=O)(=O)C2)n1. The summed E-state index contributed by atoms with van der Waals surface area (Å²) in [6.07, 6.45) is 1.56. The van der Waals surface area contributed by atoms with Gasteiger partial charge < -0.3 is 10.2 Å². The van der Waals surface area contributed by atoms with Crippen LogP contribution in [0.2, 0.25) is 5.28 Å². The molecule has 9 heteroatoms. The van der Waals surface area contributed by atoms with Gasteiger partial charge in [-0.1, -0.05) is 0 Å². The van der Waals surface area contributed by atoms with Crippen molar-refractivity contribution in [2.45, 2.75) is 6.04 Å². The number of nitrogens with one attached hydrogen (secondary N) is 1. The maximum Gasteiger partial charge on any atom is 0.230 e. The molecule has 0 bridgehead atoms. The Bertz CT molecular complexity index is 587. The highest BCUT2D eigenvalue weighted by atomic mass is 35.5. The van der Waals surface area contributed by atoms with Crippen LogP contribution in [0.3, 0.4) is 0 Å². The van der Waals surface area contributed by atoms with E-state index in [0.717, 1.165) is 0 Å². The quantitative estimate of drug-likeness (QED) is 0.857. The molecule has 1 atom stereocenters. The Morgan fingerprint density at radius 1 is 1.39 bits per heavy atom. The van der Waals surface area contributed by atoms with Gasteiger partial charge in [-0.05, 0) is 17.7 Å². The topological polar surface area (TPSA) is 88.1 Å². The molecule has 1 aliphatic heterocycles. The normalized spacial score (nSPS) is 20.9. The van der Waals surface area contributed by atoms with Crippen molar-refractivity contribution in [1.82, 2.24) is 15.0 Å². The standard InChI is InChI=1S/C9H12ClN5O2S/c1-15(2)9-13-7(10)12-8(14-9)11-6-3-4-18(16,17)5-6/h3-4,6H,5H2,1-2H3,(H,11,12,13,14). The van der Waals surface area contributed by atoms with Gasteiger partial charge in [0.2, 0.25) is 17.2 Å². The van der Waals surface area contributed by atoms with Crippen LogP contribution in [0.15, 0.2) is 11.5 Å². The fourth-order valence-electron chi connectivity index (χ4n) is 1.44. The molecule has 0 radical (unpaired) electrons. The van der Waals surface area contributed by atoms with Crippen LogP contribution in [0.1, 0.15) is 0 Å². The Morgan fingerprint density at radius 2 is 2.11 bits per heavy atom. The lowest BCUT2D eigenvalue weighted by Crippen LogP contribution is -2.23. The average Bonchev–Trinajstić information content (AvgIpc) is 2.57. The number of rotatable bonds is 3. The maximum atomic E-state index is 11.3. The lowest BCUT2D eigenvalue weighted by Gasteiger charge is -2.13. The third-order valence-electron chi connectivity index (χ3n) is 2.24. The van der Waals surface area contributed by atoms with Gasteiger partial charge in [-0.2, -0.15) is 15.0 Å². The van der Waals surface area contributed by atoms with Crippen molar-refractivity contribution < 1.29 is 8.42 Å². The van der Waals surface area contributed by atoms with Crippen molar-refractivity contribution in [3.63, 3.8) is 0 Å². The first kappa shape index (κ1) is 13.0. The van der Waals surface area contributed by atoms with E-state index < -0.39 is 9.84 Å². The van der Waals surface area contributed by atoms with E-state index in [1.165, 1.54) is 5.41 Å². The largest absolute Gasteiger partial charge is 0.347 e. The first-order valence-corrected chi connectivity index (χ1v) is 7.21. The first-order chi connectivity index (χ1) is 8.35. The molecule has 18 heavy (non-hydrogen) atoms. The molecule has 1 N–H and O–H groups in total. The van der Waals surface area contributed by atoms with Gasteiger partial charge in [-0.3, -0.25) is 0 Å². The van der Waals surface area contributed by atoms with Gasteiger partial charge >= 0.3 is 0 Å². The molecule has 0 spiro atoms. The number of halogens is 1. The van der Waals surface area contributed by atoms with E-state index in [0.29, 0.717) is 5.95 Å². The van der Waals surface area contributed by atoms with Crippen LogP contribution in [-0.4, -0.2) is 49.3 Å². The minimum absolute atomic E-state index is 0.00635. The molecule has 2 rings (SSSR count). The first-order valence-electron chi connectivity index (χ1n) is 5.12. The molecule has 1 aromatic rings. The average molecular weight is 290 g/mol. The summed E-state index contributed by atoms with van der Waals surface area (Å²) in [7, 11) is 0.437. The van der Waals surface area contributed by atoms with Crippen LogP contribution in [0.5, 0.6) is 0 Å². The summed E-state index contributed by atoms with van der Waals surface area (Å²) in [4.78, 5) is 13.6. The molecule has 0 saturated heterocycles. The summed E-state index contributed by atoms with van der Waals surface area (Å²) < 4.78 is 22.5. The molecular formula is C9H12ClN5O2S. The van der Waals surface area contributed by atoms with Crippen LogP contribution in [0.4, 0.5) is 11.9 Å². The van der Waals surface area contributed by atoms with Crippen molar-refractivity contribution in [2.75, 3.05) is 30.1 Å². The van der Waals surface area contributed by atoms with Crippen LogP contribution >= 0.6 is 11.6 Å². The molecule has 0 saturated carbocycles. The van der Waals surface area contributed by atoms with Gasteiger partial charge in [0.15, 0.2) is 9.84 Å². The highest BCUT2D eigenvalue weighted by Crippen LogP contribution is 2.15. The zero-order chi connectivity index (χ0) is 13.3. The fourth-order valence-corrected chi connectivity index (χ4v) is 2.83. The van der Waals surface area contributed by atoms with Crippen LogP contribution in [-0.2, 0) is 9.84 Å². The molecular weight excluding hydrogens is 278 g/mol. The molecule has 0 aliphatic carbocycles. The van der Waals surface area contributed by atoms with Crippen LogP contribution in [0, 0.1) is 0 Å². The third-order valence-corrected chi connectivity index (χ3v) is 3.81. The van der Waals surface area contributed by atoms with Crippen molar-refractivity contribution >= 4 is 33.3 Å². The van der Waals surface area contributed by atoms with Crippen molar-refractivity contribution in [1.29, 1.82) is 0 Å². The molecule has 98 valence electrons. The number of nitrogens with zero attached hydrogens (tertiary/aromatic N) is 4. The zero-order valence-corrected chi connectivity index (χ0v) is 11.4. The van der Waals surface area contributed by atoms with Gasteiger partial charge in [-0.25, -0.2) is 8.42 Å². The number of hydrogen-bond donors (Lipinski definition) is 1. The highest BCUT2D eigenvalue weighted by molar-refractivity contribution is 7.94. The van der Waals surface area contributed by atoms with Crippen LogP contribution in [0.25, 0.3) is 0 Å². The Hall–Kier alpha value is -1.41. The summed E-state index contributed by atoms with van der Waals surface area (Å²) in [5, 5.41) is 4.13. The van der Waals surface area contributed by atoms with Crippen molar-refractivity contribution in [2.24, 2.45) is 0 Å². The number of aromatic nitrogens is 3. The molecule has 0 aromatic carbocycles. The van der Waals surface area contributed by atoms with Gasteiger partial charge in [0.05, 0.1) is 11.8 Å². The number of hydrogen-bond acceptors (Lipinski definition) is 7. The molecule has 0 fully saturated rings. The molecule has 1 unspecified atom stereocenters. The summed E-state index contributed by atoms with van der Waals surface area (Å²) in [6.45, 7) is 0.